The van der Waals surface area contributed by atoms with Crippen molar-refractivity contribution in [2.24, 2.45) is 0 Å². The molecule has 146 valence electrons. The van der Waals surface area contributed by atoms with Gasteiger partial charge in [-0.1, -0.05) is 11.6 Å². The molecule has 0 fully saturated rings. The minimum Gasteiger partial charge on any atom is -0.352 e. The van der Waals surface area contributed by atoms with Gasteiger partial charge in [0, 0.05) is 11.1 Å². The van der Waals surface area contributed by atoms with Crippen LogP contribution in [0.5, 0.6) is 0 Å². The second-order valence-electron chi connectivity index (χ2n) is 6.77. The largest absolute Gasteiger partial charge is 0.352 e. The SMILES string of the molecule is CC(C)NC(=O)[C@H](C)n1c(=O)n(-c2ccc(F)cc2)c(=O)c2ccc(Cl)cc21. The highest BCUT2D eigenvalue weighted by Gasteiger charge is 2.23. The average molecular weight is 404 g/mol. The van der Waals surface area contributed by atoms with Gasteiger partial charge < -0.3 is 5.32 Å². The van der Waals surface area contributed by atoms with Gasteiger partial charge in [-0.15, -0.1) is 0 Å². The van der Waals surface area contributed by atoms with E-state index in [-0.39, 0.29) is 28.5 Å². The van der Waals surface area contributed by atoms with Crippen LogP contribution >= 0.6 is 11.6 Å². The maximum absolute atomic E-state index is 13.3. The predicted molar refractivity (Wildman–Crippen MR) is 107 cm³/mol. The van der Waals surface area contributed by atoms with Gasteiger partial charge in [-0.05, 0) is 63.2 Å². The maximum Gasteiger partial charge on any atom is 0.336 e. The second-order valence-corrected chi connectivity index (χ2v) is 7.21. The molecule has 1 aromatic heterocycles. The molecule has 0 aliphatic heterocycles. The van der Waals surface area contributed by atoms with Crippen molar-refractivity contribution >= 4 is 28.4 Å². The third kappa shape index (κ3) is 3.57. The Bertz CT molecular complexity index is 1170. The van der Waals surface area contributed by atoms with Crippen molar-refractivity contribution in [2.45, 2.75) is 32.9 Å². The zero-order valence-corrected chi connectivity index (χ0v) is 16.3. The fourth-order valence-electron chi connectivity index (χ4n) is 3.02. The van der Waals surface area contributed by atoms with Gasteiger partial charge in [0.25, 0.3) is 5.56 Å². The van der Waals surface area contributed by atoms with Crippen molar-refractivity contribution < 1.29 is 9.18 Å². The molecule has 1 amide bonds. The molecule has 0 saturated heterocycles. The minimum absolute atomic E-state index is 0.122. The molecule has 0 aliphatic rings. The van der Waals surface area contributed by atoms with Crippen LogP contribution in [0.1, 0.15) is 26.8 Å². The number of aromatic nitrogens is 2. The Hall–Kier alpha value is -2.93. The van der Waals surface area contributed by atoms with Crippen molar-refractivity contribution in [3.8, 4) is 5.69 Å². The van der Waals surface area contributed by atoms with Gasteiger partial charge in [-0.3, -0.25) is 14.2 Å². The number of fused-ring (bicyclic) bond motifs is 1. The van der Waals surface area contributed by atoms with Crippen LogP contribution in [0.4, 0.5) is 4.39 Å². The lowest BCUT2D eigenvalue weighted by Gasteiger charge is -2.20. The molecule has 0 unspecified atom stereocenters. The second kappa shape index (κ2) is 7.59. The maximum atomic E-state index is 13.3. The number of nitrogens with one attached hydrogen (secondary N) is 1. The van der Waals surface area contributed by atoms with Gasteiger partial charge in [-0.25, -0.2) is 13.8 Å². The molecule has 0 bridgehead atoms. The van der Waals surface area contributed by atoms with E-state index in [0.717, 1.165) is 16.7 Å². The lowest BCUT2D eigenvalue weighted by molar-refractivity contribution is -0.124. The third-order valence-corrected chi connectivity index (χ3v) is 4.57. The Kier molecular flexibility index (Phi) is 5.38. The Morgan fingerprint density at radius 3 is 2.32 bits per heavy atom. The molecule has 0 saturated carbocycles. The van der Waals surface area contributed by atoms with Crippen LogP contribution in [0, 0.1) is 5.82 Å². The summed E-state index contributed by atoms with van der Waals surface area (Å²) in [5.41, 5.74) is -0.820. The fourth-order valence-corrected chi connectivity index (χ4v) is 3.18. The van der Waals surface area contributed by atoms with Crippen molar-refractivity contribution in [1.82, 2.24) is 14.5 Å². The van der Waals surface area contributed by atoms with E-state index in [1.165, 1.54) is 34.9 Å². The molecule has 1 N–H and O–H groups in total. The van der Waals surface area contributed by atoms with E-state index >= 15 is 0 Å². The smallest absolute Gasteiger partial charge is 0.336 e. The van der Waals surface area contributed by atoms with Crippen LogP contribution in [0.2, 0.25) is 5.02 Å². The number of nitrogens with zero attached hydrogens (tertiary/aromatic N) is 2. The van der Waals surface area contributed by atoms with Crippen LogP contribution in [0.25, 0.3) is 16.6 Å². The van der Waals surface area contributed by atoms with E-state index in [1.807, 2.05) is 13.8 Å². The average Bonchev–Trinajstić information content (AvgIpc) is 2.62. The molecule has 1 heterocycles. The highest BCUT2D eigenvalue weighted by Crippen LogP contribution is 2.19. The number of carbonyl (C=O) groups excluding carboxylic acids is 1. The quantitative estimate of drug-likeness (QED) is 0.727. The Labute approximate surface area is 165 Å². The van der Waals surface area contributed by atoms with E-state index in [9.17, 15) is 18.8 Å². The van der Waals surface area contributed by atoms with Gasteiger partial charge in [0.15, 0.2) is 0 Å². The summed E-state index contributed by atoms with van der Waals surface area (Å²) in [6.07, 6.45) is 0. The van der Waals surface area contributed by atoms with Gasteiger partial charge in [0.2, 0.25) is 5.91 Å². The molecule has 2 aromatic carbocycles. The first kappa shape index (κ1) is 19.8. The molecule has 8 heteroatoms. The van der Waals surface area contributed by atoms with E-state index in [2.05, 4.69) is 5.32 Å². The van der Waals surface area contributed by atoms with E-state index in [1.54, 1.807) is 6.92 Å². The number of hydrogen-bond acceptors (Lipinski definition) is 3. The monoisotopic (exact) mass is 403 g/mol. The number of amides is 1. The zero-order valence-electron chi connectivity index (χ0n) is 15.6. The topological polar surface area (TPSA) is 73.1 Å². The van der Waals surface area contributed by atoms with Crippen LogP contribution in [0.15, 0.2) is 52.1 Å². The first-order valence-corrected chi connectivity index (χ1v) is 9.11. The van der Waals surface area contributed by atoms with Crippen molar-refractivity contribution in [1.29, 1.82) is 0 Å². The minimum atomic E-state index is -0.900. The summed E-state index contributed by atoms with van der Waals surface area (Å²) < 4.78 is 15.4. The number of carbonyl (C=O) groups is 1. The molecule has 0 radical (unpaired) electrons. The number of rotatable bonds is 4. The Morgan fingerprint density at radius 2 is 1.71 bits per heavy atom. The molecular formula is C20H19ClFN3O3. The van der Waals surface area contributed by atoms with Gasteiger partial charge in [0.1, 0.15) is 11.9 Å². The zero-order chi connectivity index (χ0) is 20.6. The molecule has 3 aromatic rings. The Balaban J connectivity index is 2.37. The molecule has 0 aliphatic carbocycles. The summed E-state index contributed by atoms with van der Waals surface area (Å²) in [5.74, 6) is -0.864. The van der Waals surface area contributed by atoms with Crippen LogP contribution in [0.3, 0.4) is 0 Å². The first-order chi connectivity index (χ1) is 13.2. The summed E-state index contributed by atoms with van der Waals surface area (Å²) in [5, 5.41) is 3.31. The van der Waals surface area contributed by atoms with Crippen molar-refractivity contribution in [2.75, 3.05) is 0 Å². The molecule has 6 nitrogen and oxygen atoms in total. The van der Waals surface area contributed by atoms with Crippen molar-refractivity contribution in [3.63, 3.8) is 0 Å². The fraction of sp³-hybridized carbons (Fsp3) is 0.250. The van der Waals surface area contributed by atoms with E-state index in [0.29, 0.717) is 5.02 Å². The van der Waals surface area contributed by atoms with Gasteiger partial charge >= 0.3 is 5.69 Å². The summed E-state index contributed by atoms with van der Waals surface area (Å²) >= 11 is 6.07. The molecule has 1 atom stereocenters. The number of benzene rings is 2. The molecule has 0 spiro atoms. The molecule has 3 rings (SSSR count). The lowest BCUT2D eigenvalue weighted by atomic mass is 10.2. The Morgan fingerprint density at radius 1 is 1.07 bits per heavy atom. The van der Waals surface area contributed by atoms with E-state index < -0.39 is 23.1 Å². The van der Waals surface area contributed by atoms with Gasteiger partial charge in [-0.2, -0.15) is 0 Å². The first-order valence-electron chi connectivity index (χ1n) is 8.74. The predicted octanol–water partition coefficient (Wildman–Crippen LogP) is 3.03. The van der Waals surface area contributed by atoms with Gasteiger partial charge in [0.05, 0.1) is 16.6 Å². The van der Waals surface area contributed by atoms with Crippen LogP contribution in [-0.4, -0.2) is 21.1 Å². The lowest BCUT2D eigenvalue weighted by Crippen LogP contribution is -2.44. The van der Waals surface area contributed by atoms with Crippen LogP contribution < -0.4 is 16.6 Å². The standard InChI is InChI=1S/C20H19ClFN3O3/c1-11(2)23-18(26)12(3)24-17-10-13(21)4-9-16(17)19(27)25(20(24)28)15-7-5-14(22)6-8-15/h4-12H,1-3H3,(H,23,26)/t12-/m0/s1. The summed E-state index contributed by atoms with van der Waals surface area (Å²) in [6.45, 7) is 5.18. The normalized spacial score (nSPS) is 12.4. The summed E-state index contributed by atoms with van der Waals surface area (Å²) in [7, 11) is 0. The summed E-state index contributed by atoms with van der Waals surface area (Å²) in [4.78, 5) is 38.8. The summed E-state index contributed by atoms with van der Waals surface area (Å²) in [6, 6.07) is 8.49. The number of halogens is 2. The van der Waals surface area contributed by atoms with Crippen LogP contribution in [-0.2, 0) is 4.79 Å². The molecular weight excluding hydrogens is 385 g/mol. The third-order valence-electron chi connectivity index (χ3n) is 4.33. The highest BCUT2D eigenvalue weighted by molar-refractivity contribution is 6.31. The molecule has 28 heavy (non-hydrogen) atoms. The van der Waals surface area contributed by atoms with E-state index in [4.69, 9.17) is 11.6 Å². The number of hydrogen-bond donors (Lipinski definition) is 1. The van der Waals surface area contributed by atoms with Crippen molar-refractivity contribution in [3.05, 3.63) is 74.1 Å². The highest BCUT2D eigenvalue weighted by atomic mass is 35.5.